The second-order valence-electron chi connectivity index (χ2n) is 3.81. The van der Waals surface area contributed by atoms with Crippen LogP contribution in [0.5, 0.6) is 0 Å². The van der Waals surface area contributed by atoms with Crippen molar-refractivity contribution in [3.8, 4) is 0 Å². The van der Waals surface area contributed by atoms with E-state index in [0.29, 0.717) is 11.2 Å². The standard InChI is InChI=1S/C10H15ClN4/c1-15(8-3-2-4-12-5-8)10-7-13-6-9(11)14-10/h6-8,12H,2-5H2,1H3. The first-order valence-corrected chi connectivity index (χ1v) is 5.56. The molecule has 82 valence electrons. The van der Waals surface area contributed by atoms with Crippen LogP contribution in [-0.4, -0.2) is 36.1 Å². The van der Waals surface area contributed by atoms with Crippen molar-refractivity contribution in [1.82, 2.24) is 15.3 Å². The molecule has 0 radical (unpaired) electrons. The Morgan fingerprint density at radius 2 is 2.40 bits per heavy atom. The van der Waals surface area contributed by atoms with E-state index in [2.05, 4.69) is 20.2 Å². The monoisotopic (exact) mass is 226 g/mol. The summed E-state index contributed by atoms with van der Waals surface area (Å²) in [7, 11) is 2.04. The Hall–Kier alpha value is -0.870. The number of likely N-dealkylation sites (N-methyl/N-ethyl adjacent to an activating group) is 1. The molecule has 0 amide bonds. The Morgan fingerprint density at radius 1 is 1.53 bits per heavy atom. The van der Waals surface area contributed by atoms with Crippen molar-refractivity contribution in [2.75, 3.05) is 25.0 Å². The molecule has 0 saturated carbocycles. The maximum Gasteiger partial charge on any atom is 0.149 e. The van der Waals surface area contributed by atoms with Gasteiger partial charge in [0, 0.05) is 19.6 Å². The van der Waals surface area contributed by atoms with E-state index in [1.54, 1.807) is 12.4 Å². The average molecular weight is 227 g/mol. The Morgan fingerprint density at radius 3 is 3.07 bits per heavy atom. The van der Waals surface area contributed by atoms with Crippen LogP contribution in [0.25, 0.3) is 0 Å². The van der Waals surface area contributed by atoms with Gasteiger partial charge in [-0.05, 0) is 19.4 Å². The van der Waals surface area contributed by atoms with E-state index in [9.17, 15) is 0 Å². The smallest absolute Gasteiger partial charge is 0.149 e. The maximum atomic E-state index is 5.81. The molecule has 15 heavy (non-hydrogen) atoms. The second-order valence-corrected chi connectivity index (χ2v) is 4.20. The minimum absolute atomic E-state index is 0.447. The first-order valence-electron chi connectivity index (χ1n) is 5.18. The quantitative estimate of drug-likeness (QED) is 0.826. The summed E-state index contributed by atoms with van der Waals surface area (Å²) in [5, 5.41) is 3.82. The lowest BCUT2D eigenvalue weighted by Crippen LogP contribution is -2.44. The third kappa shape index (κ3) is 2.58. The fraction of sp³-hybridized carbons (Fsp3) is 0.600. The zero-order valence-corrected chi connectivity index (χ0v) is 9.54. The number of halogens is 1. The van der Waals surface area contributed by atoms with Gasteiger partial charge in [-0.2, -0.15) is 0 Å². The van der Waals surface area contributed by atoms with Crippen molar-refractivity contribution in [3.05, 3.63) is 17.5 Å². The summed E-state index contributed by atoms with van der Waals surface area (Å²) in [6.45, 7) is 2.12. The number of nitrogens with zero attached hydrogens (tertiary/aromatic N) is 3. The summed E-state index contributed by atoms with van der Waals surface area (Å²) in [5.41, 5.74) is 0. The van der Waals surface area contributed by atoms with Gasteiger partial charge in [0.05, 0.1) is 12.4 Å². The number of hydrogen-bond acceptors (Lipinski definition) is 4. The molecule has 4 nitrogen and oxygen atoms in total. The van der Waals surface area contributed by atoms with Crippen LogP contribution in [-0.2, 0) is 0 Å². The Balaban J connectivity index is 2.08. The molecule has 5 heteroatoms. The molecule has 0 spiro atoms. The van der Waals surface area contributed by atoms with E-state index >= 15 is 0 Å². The van der Waals surface area contributed by atoms with Crippen LogP contribution < -0.4 is 10.2 Å². The molecule has 0 aromatic carbocycles. The van der Waals surface area contributed by atoms with E-state index in [-0.39, 0.29) is 0 Å². The van der Waals surface area contributed by atoms with Crippen LogP contribution >= 0.6 is 11.6 Å². The normalized spacial score (nSPS) is 21.3. The highest BCUT2D eigenvalue weighted by Gasteiger charge is 2.18. The van der Waals surface area contributed by atoms with Crippen LogP contribution in [0, 0.1) is 0 Å². The van der Waals surface area contributed by atoms with Crippen molar-refractivity contribution >= 4 is 17.4 Å². The summed E-state index contributed by atoms with van der Waals surface area (Å²) >= 11 is 5.81. The van der Waals surface area contributed by atoms with E-state index in [0.717, 1.165) is 18.9 Å². The predicted molar refractivity (Wildman–Crippen MR) is 61.3 cm³/mol. The molecule has 1 fully saturated rings. The van der Waals surface area contributed by atoms with Gasteiger partial charge >= 0.3 is 0 Å². The van der Waals surface area contributed by atoms with Crippen LogP contribution in [0.2, 0.25) is 5.15 Å². The largest absolute Gasteiger partial charge is 0.354 e. The van der Waals surface area contributed by atoms with Gasteiger partial charge in [0.1, 0.15) is 11.0 Å². The van der Waals surface area contributed by atoms with E-state index < -0.39 is 0 Å². The van der Waals surface area contributed by atoms with Gasteiger partial charge in [0.25, 0.3) is 0 Å². The van der Waals surface area contributed by atoms with Gasteiger partial charge in [0.2, 0.25) is 0 Å². The fourth-order valence-electron chi connectivity index (χ4n) is 1.85. The summed E-state index contributed by atoms with van der Waals surface area (Å²) in [5.74, 6) is 0.844. The topological polar surface area (TPSA) is 41.1 Å². The van der Waals surface area contributed by atoms with Crippen molar-refractivity contribution < 1.29 is 0 Å². The molecule has 1 N–H and O–H groups in total. The third-order valence-corrected chi connectivity index (χ3v) is 2.95. The molecule has 0 bridgehead atoms. The van der Waals surface area contributed by atoms with Crippen LogP contribution in [0.15, 0.2) is 12.4 Å². The third-order valence-electron chi connectivity index (χ3n) is 2.77. The summed E-state index contributed by atoms with van der Waals surface area (Å²) in [6, 6.07) is 0.492. The lowest BCUT2D eigenvalue weighted by Gasteiger charge is -2.32. The van der Waals surface area contributed by atoms with Gasteiger partial charge in [0.15, 0.2) is 0 Å². The van der Waals surface area contributed by atoms with Crippen LogP contribution in [0.3, 0.4) is 0 Å². The zero-order valence-electron chi connectivity index (χ0n) is 8.78. The molecule has 1 unspecified atom stereocenters. The number of hydrogen-bond donors (Lipinski definition) is 1. The fourth-order valence-corrected chi connectivity index (χ4v) is 2.00. The number of anilines is 1. The minimum atomic E-state index is 0.447. The van der Waals surface area contributed by atoms with Gasteiger partial charge < -0.3 is 10.2 Å². The molecule has 2 heterocycles. The molecule has 1 atom stereocenters. The molecule has 1 aromatic heterocycles. The minimum Gasteiger partial charge on any atom is -0.354 e. The molecule has 1 aliphatic heterocycles. The van der Waals surface area contributed by atoms with E-state index in [1.807, 2.05) is 7.05 Å². The zero-order chi connectivity index (χ0) is 10.7. The van der Waals surface area contributed by atoms with Crippen molar-refractivity contribution in [1.29, 1.82) is 0 Å². The lowest BCUT2D eigenvalue weighted by atomic mass is 10.1. The van der Waals surface area contributed by atoms with Crippen molar-refractivity contribution in [3.63, 3.8) is 0 Å². The highest BCUT2D eigenvalue weighted by atomic mass is 35.5. The molecular formula is C10H15ClN4. The Kier molecular flexibility index (Phi) is 3.38. The summed E-state index contributed by atoms with van der Waals surface area (Å²) < 4.78 is 0. The predicted octanol–water partition coefficient (Wildman–Crippen LogP) is 1.32. The number of aromatic nitrogens is 2. The van der Waals surface area contributed by atoms with Crippen LogP contribution in [0.1, 0.15) is 12.8 Å². The SMILES string of the molecule is CN(c1cncc(Cl)n1)C1CCCNC1. The Labute approximate surface area is 94.7 Å². The second kappa shape index (κ2) is 4.77. The lowest BCUT2D eigenvalue weighted by molar-refractivity contribution is 0.443. The maximum absolute atomic E-state index is 5.81. The molecule has 2 rings (SSSR count). The molecule has 0 aliphatic carbocycles. The highest BCUT2D eigenvalue weighted by Crippen LogP contribution is 2.17. The Bertz CT molecular complexity index is 325. The first-order chi connectivity index (χ1) is 7.27. The number of piperidine rings is 1. The summed E-state index contributed by atoms with van der Waals surface area (Å²) in [4.78, 5) is 10.4. The molecule has 1 aliphatic rings. The first kappa shape index (κ1) is 10.6. The average Bonchev–Trinajstić information content (AvgIpc) is 2.29. The van der Waals surface area contributed by atoms with Gasteiger partial charge in [-0.25, -0.2) is 4.98 Å². The number of nitrogens with one attached hydrogen (secondary N) is 1. The van der Waals surface area contributed by atoms with Gasteiger partial charge in [-0.3, -0.25) is 4.98 Å². The molecule has 1 saturated heterocycles. The van der Waals surface area contributed by atoms with Crippen LogP contribution in [0.4, 0.5) is 5.82 Å². The van der Waals surface area contributed by atoms with Crippen molar-refractivity contribution in [2.45, 2.75) is 18.9 Å². The highest BCUT2D eigenvalue weighted by molar-refractivity contribution is 6.29. The molecule has 1 aromatic rings. The van der Waals surface area contributed by atoms with Gasteiger partial charge in [-0.1, -0.05) is 11.6 Å². The summed E-state index contributed by atoms with van der Waals surface area (Å²) in [6.07, 6.45) is 5.71. The molecular weight excluding hydrogens is 212 g/mol. The van der Waals surface area contributed by atoms with Crippen molar-refractivity contribution in [2.24, 2.45) is 0 Å². The van der Waals surface area contributed by atoms with Gasteiger partial charge in [-0.15, -0.1) is 0 Å². The number of rotatable bonds is 2. The van der Waals surface area contributed by atoms with E-state index in [1.165, 1.54) is 12.8 Å². The van der Waals surface area contributed by atoms with E-state index in [4.69, 9.17) is 11.6 Å².